The smallest absolute Gasteiger partial charge is 0.407 e. The highest BCUT2D eigenvalue weighted by atomic mass is 16.6. The second-order valence-corrected chi connectivity index (χ2v) is 9.15. The highest BCUT2D eigenvalue weighted by Crippen LogP contribution is 2.05. The standard InChI is InChI=1S/C22H38N4O4/c1-21(2,3)25-10-12-29-19(27)23-15-17-8-7-9-18(14-17)16-24-20(28)30-13-11-26-22(4,5)6/h7-9,14,25-26H,10-13,15-16H2,1-6H3,(H,23,27)(H,24,28). The first kappa shape index (κ1) is 25.7. The van der Waals surface area contributed by atoms with E-state index in [2.05, 4.69) is 62.8 Å². The zero-order valence-electron chi connectivity index (χ0n) is 19.2. The molecule has 0 aliphatic heterocycles. The second-order valence-electron chi connectivity index (χ2n) is 9.15. The maximum absolute atomic E-state index is 11.8. The Kier molecular flexibility index (Phi) is 10.6. The van der Waals surface area contributed by atoms with Gasteiger partial charge in [-0.1, -0.05) is 24.3 Å². The molecule has 2 amide bonds. The molecule has 0 bridgehead atoms. The SMILES string of the molecule is CC(C)(C)NCCOC(=O)NCc1cccc(CNC(=O)OCCNC(C)(C)C)c1. The Morgan fingerprint density at radius 3 is 1.53 bits per heavy atom. The number of nitrogens with one attached hydrogen (secondary N) is 4. The lowest BCUT2D eigenvalue weighted by atomic mass is 10.1. The third kappa shape index (κ3) is 13.8. The van der Waals surface area contributed by atoms with Gasteiger partial charge in [-0.05, 0) is 52.7 Å². The molecule has 30 heavy (non-hydrogen) atoms. The average molecular weight is 423 g/mol. The van der Waals surface area contributed by atoms with Crippen molar-refractivity contribution >= 4 is 12.2 Å². The monoisotopic (exact) mass is 422 g/mol. The molecule has 8 nitrogen and oxygen atoms in total. The maximum Gasteiger partial charge on any atom is 0.407 e. The molecule has 0 radical (unpaired) electrons. The topological polar surface area (TPSA) is 101 Å². The van der Waals surface area contributed by atoms with E-state index in [1.165, 1.54) is 0 Å². The first-order valence-corrected chi connectivity index (χ1v) is 10.3. The summed E-state index contributed by atoms with van der Waals surface area (Å²) in [6.45, 7) is 14.8. The fourth-order valence-electron chi connectivity index (χ4n) is 2.44. The molecule has 8 heteroatoms. The van der Waals surface area contributed by atoms with E-state index in [9.17, 15) is 9.59 Å². The van der Waals surface area contributed by atoms with E-state index < -0.39 is 12.2 Å². The van der Waals surface area contributed by atoms with E-state index in [1.54, 1.807) is 0 Å². The first-order chi connectivity index (χ1) is 13.9. The minimum Gasteiger partial charge on any atom is -0.448 e. The zero-order chi connectivity index (χ0) is 22.6. The van der Waals surface area contributed by atoms with Crippen LogP contribution in [0.1, 0.15) is 52.7 Å². The summed E-state index contributed by atoms with van der Waals surface area (Å²) in [5, 5.41) is 12.0. The van der Waals surface area contributed by atoms with Gasteiger partial charge in [0.1, 0.15) is 13.2 Å². The van der Waals surface area contributed by atoms with Gasteiger partial charge in [-0.25, -0.2) is 9.59 Å². The van der Waals surface area contributed by atoms with Gasteiger partial charge in [0, 0.05) is 37.3 Å². The molecule has 1 aromatic rings. The number of hydrogen-bond donors (Lipinski definition) is 4. The third-order valence-corrected chi connectivity index (χ3v) is 3.85. The van der Waals surface area contributed by atoms with E-state index in [0.29, 0.717) is 39.4 Å². The molecule has 0 spiro atoms. The van der Waals surface area contributed by atoms with Gasteiger partial charge in [0.2, 0.25) is 0 Å². The lowest BCUT2D eigenvalue weighted by molar-refractivity contribution is 0.143. The van der Waals surface area contributed by atoms with Gasteiger partial charge in [-0.2, -0.15) is 0 Å². The fraction of sp³-hybridized carbons (Fsp3) is 0.636. The van der Waals surface area contributed by atoms with Crippen LogP contribution in [0.3, 0.4) is 0 Å². The van der Waals surface area contributed by atoms with Gasteiger partial charge in [0.15, 0.2) is 0 Å². The lowest BCUT2D eigenvalue weighted by Crippen LogP contribution is -2.38. The molecule has 0 aliphatic rings. The molecule has 1 rings (SSSR count). The number of rotatable bonds is 10. The number of ether oxygens (including phenoxy) is 2. The molecule has 0 aromatic heterocycles. The van der Waals surface area contributed by atoms with Crippen LogP contribution < -0.4 is 21.3 Å². The molecule has 0 atom stereocenters. The van der Waals surface area contributed by atoms with Crippen molar-refractivity contribution in [2.24, 2.45) is 0 Å². The Bertz CT molecular complexity index is 613. The van der Waals surface area contributed by atoms with E-state index in [0.717, 1.165) is 11.1 Å². The number of hydrogen-bond acceptors (Lipinski definition) is 6. The summed E-state index contributed by atoms with van der Waals surface area (Å²) in [6.07, 6.45) is -0.914. The largest absolute Gasteiger partial charge is 0.448 e. The molecule has 1 aromatic carbocycles. The minimum atomic E-state index is -0.457. The number of amides is 2. The summed E-state index contributed by atoms with van der Waals surface area (Å²) in [7, 11) is 0. The third-order valence-electron chi connectivity index (χ3n) is 3.85. The van der Waals surface area contributed by atoms with Crippen molar-refractivity contribution in [1.82, 2.24) is 21.3 Å². The fourth-order valence-corrected chi connectivity index (χ4v) is 2.44. The normalized spacial score (nSPS) is 11.7. The van der Waals surface area contributed by atoms with Crippen molar-refractivity contribution in [2.75, 3.05) is 26.3 Å². The summed E-state index contributed by atoms with van der Waals surface area (Å²) in [5.41, 5.74) is 1.82. The molecule has 0 unspecified atom stereocenters. The number of carbonyl (C=O) groups excluding carboxylic acids is 2. The first-order valence-electron chi connectivity index (χ1n) is 10.3. The summed E-state index contributed by atoms with van der Waals surface area (Å²) < 4.78 is 10.3. The molecule has 170 valence electrons. The highest BCUT2D eigenvalue weighted by Gasteiger charge is 2.10. The van der Waals surface area contributed by atoms with Gasteiger partial charge < -0.3 is 30.7 Å². The molecular weight excluding hydrogens is 384 g/mol. The predicted octanol–water partition coefficient (Wildman–Crippen LogP) is 2.92. The highest BCUT2D eigenvalue weighted by molar-refractivity contribution is 5.67. The Balaban J connectivity index is 2.27. The van der Waals surface area contributed by atoms with Crippen LogP contribution in [0.2, 0.25) is 0 Å². The van der Waals surface area contributed by atoms with Crippen LogP contribution in [-0.4, -0.2) is 49.6 Å². The zero-order valence-corrected chi connectivity index (χ0v) is 19.2. The number of carbonyl (C=O) groups is 2. The van der Waals surface area contributed by atoms with Crippen LogP contribution in [0.4, 0.5) is 9.59 Å². The van der Waals surface area contributed by atoms with E-state index in [-0.39, 0.29) is 11.1 Å². The van der Waals surface area contributed by atoms with Gasteiger partial charge >= 0.3 is 12.2 Å². The Morgan fingerprint density at radius 2 is 1.17 bits per heavy atom. The molecule has 4 N–H and O–H groups in total. The molecule has 0 fully saturated rings. The van der Waals surface area contributed by atoms with Crippen LogP contribution in [0.5, 0.6) is 0 Å². The minimum absolute atomic E-state index is 0.00987. The number of alkyl carbamates (subject to hydrolysis) is 2. The molecular formula is C22H38N4O4. The van der Waals surface area contributed by atoms with Crippen molar-refractivity contribution in [2.45, 2.75) is 65.7 Å². The summed E-state index contributed by atoms with van der Waals surface area (Å²) >= 11 is 0. The summed E-state index contributed by atoms with van der Waals surface area (Å²) in [4.78, 5) is 23.6. The van der Waals surface area contributed by atoms with E-state index in [4.69, 9.17) is 9.47 Å². The summed E-state index contributed by atoms with van der Waals surface area (Å²) in [5.74, 6) is 0. The van der Waals surface area contributed by atoms with Crippen molar-refractivity contribution in [3.63, 3.8) is 0 Å². The molecule has 0 aliphatic carbocycles. The van der Waals surface area contributed by atoms with Crippen molar-refractivity contribution in [3.05, 3.63) is 35.4 Å². The predicted molar refractivity (Wildman–Crippen MR) is 118 cm³/mol. The molecule has 0 saturated carbocycles. The maximum atomic E-state index is 11.8. The second kappa shape index (κ2) is 12.4. The van der Waals surface area contributed by atoms with Gasteiger partial charge in [-0.15, -0.1) is 0 Å². The quantitative estimate of drug-likeness (QED) is 0.433. The Morgan fingerprint density at radius 1 is 0.767 bits per heavy atom. The van der Waals surface area contributed by atoms with Crippen LogP contribution in [0, 0.1) is 0 Å². The van der Waals surface area contributed by atoms with Crippen molar-refractivity contribution < 1.29 is 19.1 Å². The lowest BCUT2D eigenvalue weighted by Gasteiger charge is -2.20. The Hall–Kier alpha value is -2.32. The summed E-state index contributed by atoms with van der Waals surface area (Å²) in [6, 6.07) is 7.61. The van der Waals surface area contributed by atoms with Crippen molar-refractivity contribution in [3.8, 4) is 0 Å². The van der Waals surface area contributed by atoms with Gasteiger partial charge in [0.25, 0.3) is 0 Å². The molecule has 0 saturated heterocycles. The van der Waals surface area contributed by atoms with Crippen molar-refractivity contribution in [1.29, 1.82) is 0 Å². The van der Waals surface area contributed by atoms with Gasteiger partial charge in [-0.3, -0.25) is 0 Å². The van der Waals surface area contributed by atoms with E-state index in [1.807, 2.05) is 24.3 Å². The van der Waals surface area contributed by atoms with Crippen LogP contribution in [-0.2, 0) is 22.6 Å². The Labute approximate surface area is 180 Å². The molecule has 0 heterocycles. The average Bonchev–Trinajstić information content (AvgIpc) is 2.64. The van der Waals surface area contributed by atoms with Crippen LogP contribution >= 0.6 is 0 Å². The van der Waals surface area contributed by atoms with Crippen LogP contribution in [0.25, 0.3) is 0 Å². The van der Waals surface area contributed by atoms with E-state index >= 15 is 0 Å². The number of benzene rings is 1. The van der Waals surface area contributed by atoms with Gasteiger partial charge in [0.05, 0.1) is 0 Å². The van der Waals surface area contributed by atoms with Crippen LogP contribution in [0.15, 0.2) is 24.3 Å².